The van der Waals surface area contributed by atoms with Crippen molar-refractivity contribution in [2.45, 2.75) is 130 Å². The van der Waals surface area contributed by atoms with E-state index in [0.29, 0.717) is 0 Å². The summed E-state index contributed by atoms with van der Waals surface area (Å²) in [5.74, 6) is 3.30. The molecule has 4 atom stereocenters. The first-order chi connectivity index (χ1) is 27.4. The second-order valence-corrected chi connectivity index (χ2v) is 19.1. The van der Waals surface area contributed by atoms with E-state index in [4.69, 9.17) is 0 Å². The minimum atomic E-state index is 0.787. The summed E-state index contributed by atoms with van der Waals surface area (Å²) >= 11 is 7.96. The summed E-state index contributed by atoms with van der Waals surface area (Å²) in [7, 11) is 0. The highest BCUT2D eigenvalue weighted by molar-refractivity contribution is 9.11. The molecule has 0 aliphatic heterocycles. The summed E-state index contributed by atoms with van der Waals surface area (Å²) in [6, 6.07) is 32.3. The van der Waals surface area contributed by atoms with Crippen LogP contribution >= 0.6 is 31.9 Å². The Morgan fingerprint density at radius 2 is 0.964 bits per heavy atom. The van der Waals surface area contributed by atoms with Crippen LogP contribution in [0.4, 0.5) is 0 Å². The van der Waals surface area contributed by atoms with E-state index in [-0.39, 0.29) is 0 Å². The molecule has 4 unspecified atom stereocenters. The largest absolute Gasteiger partial charge is 0.312 e. The minimum Gasteiger partial charge on any atom is -0.312 e. The molecule has 2 aliphatic carbocycles. The minimum absolute atomic E-state index is 0.787. The smallest absolute Gasteiger partial charge is 0.0676 e. The van der Waals surface area contributed by atoms with Gasteiger partial charge in [0, 0.05) is 42.5 Å². The Kier molecular flexibility index (Phi) is 12.6. The number of hydrogen-bond acceptors (Lipinski definition) is 0. The van der Waals surface area contributed by atoms with E-state index in [9.17, 15) is 0 Å². The van der Waals surface area contributed by atoms with Crippen molar-refractivity contribution in [2.24, 2.45) is 23.7 Å². The van der Waals surface area contributed by atoms with Crippen molar-refractivity contribution >= 4 is 53.7 Å². The van der Waals surface area contributed by atoms with E-state index in [0.717, 1.165) is 36.5 Å². The van der Waals surface area contributed by atoms with Crippen molar-refractivity contribution in [1.82, 2.24) is 9.13 Å². The molecule has 0 spiro atoms. The predicted octanol–water partition coefficient (Wildman–Crippen LogP) is 16.2. The maximum atomic E-state index is 3.98. The summed E-state index contributed by atoms with van der Waals surface area (Å²) in [5.41, 5.74) is 13.9. The van der Waals surface area contributed by atoms with Crippen LogP contribution in [0.5, 0.6) is 0 Å². The van der Waals surface area contributed by atoms with Gasteiger partial charge in [0.15, 0.2) is 0 Å². The highest BCUT2D eigenvalue weighted by Gasteiger charge is 2.30. The number of unbranched alkanes of at least 4 members (excludes halogenated alkanes) is 2. The van der Waals surface area contributed by atoms with Gasteiger partial charge in [0.1, 0.15) is 0 Å². The van der Waals surface area contributed by atoms with Crippen molar-refractivity contribution in [2.75, 3.05) is 0 Å². The molecule has 0 fully saturated rings. The lowest BCUT2D eigenvalue weighted by atomic mass is 9.79. The van der Waals surface area contributed by atoms with Crippen molar-refractivity contribution in [3.8, 4) is 22.5 Å². The van der Waals surface area contributed by atoms with Crippen LogP contribution in [-0.2, 0) is 25.7 Å². The molecule has 0 N–H and O–H groups in total. The fraction of sp³-hybridized carbons (Fsp3) is 0.462. The highest BCUT2D eigenvalue weighted by Crippen LogP contribution is 2.43. The van der Waals surface area contributed by atoms with Crippen LogP contribution in [-0.4, -0.2) is 9.13 Å². The topological polar surface area (TPSA) is 9.86 Å². The molecular formula is C52H62Br2N2. The Bertz CT molecular complexity index is 2090. The van der Waals surface area contributed by atoms with E-state index in [2.05, 4.69) is 154 Å². The van der Waals surface area contributed by atoms with Gasteiger partial charge in [-0.15, -0.1) is 0 Å². The van der Waals surface area contributed by atoms with Gasteiger partial charge in [-0.1, -0.05) is 128 Å². The number of nitrogens with zero attached hydrogens (tertiary/aromatic N) is 2. The Balaban J connectivity index is 1.06. The van der Waals surface area contributed by atoms with Crippen molar-refractivity contribution < 1.29 is 0 Å². The fourth-order valence-electron chi connectivity index (χ4n) is 10.8. The maximum Gasteiger partial charge on any atom is 0.0676 e. The predicted molar refractivity (Wildman–Crippen MR) is 248 cm³/mol. The third kappa shape index (κ3) is 7.88. The second-order valence-electron chi connectivity index (χ2n) is 17.4. The van der Waals surface area contributed by atoms with Crippen LogP contribution in [0.2, 0.25) is 0 Å². The average Bonchev–Trinajstić information content (AvgIpc) is 3.75. The van der Waals surface area contributed by atoms with E-state index in [1.165, 1.54) is 155 Å². The number of benzene rings is 4. The van der Waals surface area contributed by atoms with Crippen LogP contribution in [0.25, 0.3) is 44.3 Å². The van der Waals surface area contributed by atoms with Gasteiger partial charge in [0.2, 0.25) is 0 Å². The maximum absolute atomic E-state index is 3.98. The molecule has 6 aromatic rings. The number of halogens is 2. The first-order valence-corrected chi connectivity index (χ1v) is 23.8. The zero-order valence-electron chi connectivity index (χ0n) is 34.4. The molecule has 0 amide bonds. The van der Waals surface area contributed by atoms with Crippen LogP contribution < -0.4 is 0 Å². The molecule has 2 nitrogen and oxygen atoms in total. The molecule has 2 aromatic heterocycles. The fourth-order valence-corrected chi connectivity index (χ4v) is 11.8. The van der Waals surface area contributed by atoms with E-state index < -0.39 is 0 Å². The summed E-state index contributed by atoms with van der Waals surface area (Å²) in [4.78, 5) is 0. The van der Waals surface area contributed by atoms with Crippen molar-refractivity contribution in [1.29, 1.82) is 0 Å². The molecule has 0 saturated heterocycles. The van der Waals surface area contributed by atoms with Gasteiger partial charge in [0.25, 0.3) is 0 Å². The Morgan fingerprint density at radius 1 is 0.554 bits per heavy atom. The molecule has 0 bridgehead atoms. The van der Waals surface area contributed by atoms with E-state index in [1.54, 1.807) is 11.1 Å². The highest BCUT2D eigenvalue weighted by atomic mass is 79.9. The normalized spacial score (nSPS) is 18.0. The molecule has 294 valence electrons. The molecule has 4 aromatic carbocycles. The van der Waals surface area contributed by atoms with Crippen molar-refractivity contribution in [3.05, 3.63) is 116 Å². The molecule has 8 rings (SSSR count). The summed E-state index contributed by atoms with van der Waals surface area (Å²) < 4.78 is 7.52. The van der Waals surface area contributed by atoms with Gasteiger partial charge in [-0.3, -0.25) is 0 Å². The number of rotatable bonds is 15. The van der Waals surface area contributed by atoms with Gasteiger partial charge >= 0.3 is 0 Å². The van der Waals surface area contributed by atoms with E-state index >= 15 is 0 Å². The molecule has 2 heterocycles. The molecule has 0 saturated carbocycles. The lowest BCUT2D eigenvalue weighted by Gasteiger charge is -2.27. The first kappa shape index (κ1) is 39.7. The lowest BCUT2D eigenvalue weighted by molar-refractivity contribution is 0.312. The molecule has 0 radical (unpaired) electrons. The Morgan fingerprint density at radius 3 is 1.34 bits per heavy atom. The molecular weight excluding hydrogens is 812 g/mol. The van der Waals surface area contributed by atoms with Crippen LogP contribution in [0.1, 0.15) is 127 Å². The summed E-state index contributed by atoms with van der Waals surface area (Å²) in [6.07, 6.45) is 20.8. The Hall–Kier alpha value is -3.08. The van der Waals surface area contributed by atoms with E-state index in [1.807, 2.05) is 0 Å². The summed E-state index contributed by atoms with van der Waals surface area (Å²) in [5, 5.41) is 2.86. The molecule has 4 heteroatoms. The standard InChI is InChI=1S/C52H62Br2N2/c1-5-9-13-35(7-3)31-37-19-29-49-45(33-37)43-15-11-17-47(53)51(43)55(49)41-25-21-39(22-26-41)40-23-27-42(28-24-40)56-50-30-20-38(32-36(8-4)14-10-6-2)34-46(50)44-16-12-18-48(54)52(44)56/h11-12,15-18,21-28,35-38H,5-10,13-14,19-20,29-34H2,1-4H3. The number of fused-ring (bicyclic) bond motifs is 6. The van der Waals surface area contributed by atoms with Gasteiger partial charge in [0.05, 0.1) is 11.0 Å². The zero-order valence-corrected chi connectivity index (χ0v) is 37.5. The average molecular weight is 875 g/mol. The summed E-state index contributed by atoms with van der Waals surface area (Å²) in [6.45, 7) is 9.46. The third-order valence-corrected chi connectivity index (χ3v) is 15.2. The monoisotopic (exact) mass is 872 g/mol. The number of para-hydroxylation sites is 2. The number of hydrogen-bond donors (Lipinski definition) is 0. The first-order valence-electron chi connectivity index (χ1n) is 22.2. The quantitative estimate of drug-likeness (QED) is 0.0973. The van der Waals surface area contributed by atoms with Crippen LogP contribution in [0.3, 0.4) is 0 Å². The van der Waals surface area contributed by atoms with Gasteiger partial charge in [-0.2, -0.15) is 0 Å². The Labute approximate surface area is 353 Å². The zero-order chi connectivity index (χ0) is 38.8. The van der Waals surface area contributed by atoms with Crippen molar-refractivity contribution in [3.63, 3.8) is 0 Å². The molecule has 56 heavy (non-hydrogen) atoms. The number of aromatic nitrogens is 2. The second kappa shape index (κ2) is 17.8. The lowest BCUT2D eigenvalue weighted by Crippen LogP contribution is -2.18. The third-order valence-electron chi connectivity index (χ3n) is 13.9. The van der Waals surface area contributed by atoms with Crippen LogP contribution in [0.15, 0.2) is 93.9 Å². The van der Waals surface area contributed by atoms with Gasteiger partial charge in [-0.05, 0) is 166 Å². The van der Waals surface area contributed by atoms with Gasteiger partial charge in [-0.25, -0.2) is 0 Å². The SMILES string of the molecule is CCCCC(CC)CC1CCc2c(c3cccc(Br)c3n2-c2ccc(-c3ccc(-n4c5c(c6cccc(Br)c64)CC(CC(CC)CCCC)CC5)cc3)cc2)C1. The van der Waals surface area contributed by atoms with Gasteiger partial charge < -0.3 is 9.13 Å². The molecule has 2 aliphatic rings. The van der Waals surface area contributed by atoms with Crippen LogP contribution in [0, 0.1) is 23.7 Å².